The number of amides is 1. The fourth-order valence-corrected chi connectivity index (χ4v) is 3.96. The Morgan fingerprint density at radius 1 is 1.28 bits per heavy atom. The number of carbonyl (C=O) groups is 1. The van der Waals surface area contributed by atoms with Crippen LogP contribution in [0.1, 0.15) is 35.4 Å². The minimum absolute atomic E-state index is 0.0515. The molecule has 3 heterocycles. The van der Waals surface area contributed by atoms with Crippen molar-refractivity contribution in [1.82, 2.24) is 19.4 Å². The number of thiophene rings is 1. The molecule has 0 spiro atoms. The van der Waals surface area contributed by atoms with Crippen molar-refractivity contribution in [3.8, 4) is 0 Å². The fourth-order valence-electron chi connectivity index (χ4n) is 2.96. The first-order valence-electron chi connectivity index (χ1n) is 8.32. The van der Waals surface area contributed by atoms with Gasteiger partial charge in [0.15, 0.2) is 0 Å². The van der Waals surface area contributed by atoms with Gasteiger partial charge in [0.05, 0.1) is 27.2 Å². The molecule has 25 heavy (non-hydrogen) atoms. The average molecular weight is 352 g/mol. The van der Waals surface area contributed by atoms with Crippen LogP contribution < -0.4 is 5.32 Å². The van der Waals surface area contributed by atoms with E-state index in [9.17, 15) is 4.79 Å². The van der Waals surface area contributed by atoms with Gasteiger partial charge in [0.1, 0.15) is 5.82 Å². The Labute approximate surface area is 149 Å². The first-order chi connectivity index (χ1) is 12.0. The molecule has 4 aromatic rings. The van der Waals surface area contributed by atoms with Crippen LogP contribution in [0.4, 0.5) is 0 Å². The number of fused-ring (bicyclic) bond motifs is 2. The largest absolute Gasteiger partial charge is 0.350 e. The minimum atomic E-state index is -0.0515. The molecular formula is C19H20N4OS. The van der Waals surface area contributed by atoms with Gasteiger partial charge in [-0.05, 0) is 32.0 Å². The van der Waals surface area contributed by atoms with Gasteiger partial charge in [-0.3, -0.25) is 4.79 Å². The summed E-state index contributed by atoms with van der Waals surface area (Å²) in [5.41, 5.74) is 2.02. The van der Waals surface area contributed by atoms with E-state index in [1.807, 2.05) is 41.9 Å². The van der Waals surface area contributed by atoms with E-state index in [1.165, 1.54) is 11.3 Å². The predicted octanol–water partition coefficient (Wildman–Crippen LogP) is 4.10. The van der Waals surface area contributed by atoms with E-state index in [0.717, 1.165) is 31.8 Å². The zero-order chi connectivity index (χ0) is 17.6. The van der Waals surface area contributed by atoms with Gasteiger partial charge in [0.2, 0.25) is 0 Å². The zero-order valence-corrected chi connectivity index (χ0v) is 15.3. The number of nitrogens with zero attached hydrogens (tertiary/aromatic N) is 3. The summed E-state index contributed by atoms with van der Waals surface area (Å²) in [7, 11) is 1.97. The van der Waals surface area contributed by atoms with Crippen LogP contribution in [0.2, 0.25) is 0 Å². The number of nitrogens with one attached hydrogen (secondary N) is 1. The van der Waals surface area contributed by atoms with Crippen LogP contribution in [0.5, 0.6) is 0 Å². The fraction of sp³-hybridized carbons (Fsp3) is 0.263. The maximum Gasteiger partial charge on any atom is 0.261 e. The topological polar surface area (TPSA) is 51.9 Å². The molecule has 1 N–H and O–H groups in total. The lowest BCUT2D eigenvalue weighted by atomic mass is 10.3. The van der Waals surface area contributed by atoms with E-state index < -0.39 is 0 Å². The van der Waals surface area contributed by atoms with Crippen molar-refractivity contribution in [1.29, 1.82) is 0 Å². The number of hydrogen-bond acceptors (Lipinski definition) is 3. The van der Waals surface area contributed by atoms with Gasteiger partial charge in [-0.15, -0.1) is 11.3 Å². The van der Waals surface area contributed by atoms with E-state index in [2.05, 4.69) is 41.1 Å². The lowest BCUT2D eigenvalue weighted by Crippen LogP contribution is -2.23. The summed E-state index contributed by atoms with van der Waals surface area (Å²) in [6, 6.07) is 10.4. The molecule has 3 aromatic heterocycles. The third-order valence-corrected chi connectivity index (χ3v) is 5.54. The molecule has 0 atom stereocenters. The first kappa shape index (κ1) is 15.9. The molecule has 1 amide bonds. The third kappa shape index (κ3) is 2.82. The molecule has 0 aliphatic rings. The molecule has 5 nitrogen and oxygen atoms in total. The van der Waals surface area contributed by atoms with Gasteiger partial charge in [-0.25, -0.2) is 4.98 Å². The lowest BCUT2D eigenvalue weighted by molar-refractivity contribution is 0.0954. The summed E-state index contributed by atoms with van der Waals surface area (Å²) in [4.78, 5) is 17.8. The van der Waals surface area contributed by atoms with E-state index in [-0.39, 0.29) is 5.91 Å². The van der Waals surface area contributed by atoms with Crippen LogP contribution in [0, 0.1) is 0 Å². The van der Waals surface area contributed by atoms with E-state index >= 15 is 0 Å². The maximum atomic E-state index is 12.5. The Morgan fingerprint density at radius 2 is 2.08 bits per heavy atom. The summed E-state index contributed by atoms with van der Waals surface area (Å²) in [5.74, 6) is 0.798. The molecule has 0 fully saturated rings. The Balaban J connectivity index is 1.51. The van der Waals surface area contributed by atoms with Crippen molar-refractivity contribution < 1.29 is 4.79 Å². The third-order valence-electron chi connectivity index (χ3n) is 4.45. The maximum absolute atomic E-state index is 12.5. The smallest absolute Gasteiger partial charge is 0.261 e. The van der Waals surface area contributed by atoms with Gasteiger partial charge < -0.3 is 14.5 Å². The molecule has 0 saturated heterocycles. The summed E-state index contributed by atoms with van der Waals surface area (Å²) in [6.45, 7) is 4.71. The average Bonchev–Trinajstić information content (AvgIpc) is 3.25. The highest BCUT2D eigenvalue weighted by Gasteiger charge is 2.14. The molecule has 0 unspecified atom stereocenters. The molecule has 0 saturated carbocycles. The van der Waals surface area contributed by atoms with Crippen molar-refractivity contribution in [2.75, 3.05) is 0 Å². The number of imidazole rings is 1. The highest BCUT2D eigenvalue weighted by Crippen LogP contribution is 2.28. The normalized spacial score (nSPS) is 11.7. The van der Waals surface area contributed by atoms with Crippen LogP contribution in [-0.4, -0.2) is 20.0 Å². The van der Waals surface area contributed by atoms with Crippen molar-refractivity contribution in [3.63, 3.8) is 0 Å². The zero-order valence-electron chi connectivity index (χ0n) is 14.5. The Hall–Kier alpha value is -2.60. The number of benzene rings is 1. The van der Waals surface area contributed by atoms with Crippen molar-refractivity contribution in [3.05, 3.63) is 53.4 Å². The van der Waals surface area contributed by atoms with E-state index in [1.54, 1.807) is 0 Å². The summed E-state index contributed by atoms with van der Waals surface area (Å²) >= 11 is 1.53. The second kappa shape index (κ2) is 6.04. The first-order valence-corrected chi connectivity index (χ1v) is 9.14. The number of aromatic nitrogens is 3. The molecule has 4 rings (SSSR count). The Kier molecular flexibility index (Phi) is 3.84. The molecule has 0 aliphatic carbocycles. The van der Waals surface area contributed by atoms with Gasteiger partial charge in [0.25, 0.3) is 5.91 Å². The molecule has 6 heteroatoms. The molecule has 1 aromatic carbocycles. The number of hydrogen-bond donors (Lipinski definition) is 1. The van der Waals surface area contributed by atoms with E-state index in [4.69, 9.17) is 0 Å². The number of para-hydroxylation sites is 2. The van der Waals surface area contributed by atoms with Crippen LogP contribution in [0.15, 0.2) is 42.7 Å². The van der Waals surface area contributed by atoms with Gasteiger partial charge in [0, 0.05) is 30.9 Å². The van der Waals surface area contributed by atoms with Crippen molar-refractivity contribution in [2.45, 2.75) is 26.4 Å². The monoisotopic (exact) mass is 352 g/mol. The van der Waals surface area contributed by atoms with Gasteiger partial charge in [-0.1, -0.05) is 12.1 Å². The Bertz CT molecular complexity index is 1040. The lowest BCUT2D eigenvalue weighted by Gasteiger charge is -2.05. The van der Waals surface area contributed by atoms with Gasteiger partial charge in [-0.2, -0.15) is 0 Å². The second-order valence-corrected chi connectivity index (χ2v) is 7.57. The van der Waals surface area contributed by atoms with Crippen LogP contribution in [-0.2, 0) is 13.6 Å². The van der Waals surface area contributed by atoms with Crippen LogP contribution in [0.25, 0.3) is 21.1 Å². The van der Waals surface area contributed by atoms with Crippen molar-refractivity contribution in [2.24, 2.45) is 7.05 Å². The minimum Gasteiger partial charge on any atom is -0.350 e. The summed E-state index contributed by atoms with van der Waals surface area (Å²) in [5, 5.41) is 4.10. The molecule has 0 aliphatic heterocycles. The number of aryl methyl sites for hydroxylation is 1. The molecule has 128 valence electrons. The van der Waals surface area contributed by atoms with Crippen LogP contribution >= 0.6 is 11.3 Å². The van der Waals surface area contributed by atoms with Crippen molar-refractivity contribution >= 4 is 38.4 Å². The molecular weight excluding hydrogens is 332 g/mol. The SMILES string of the molecule is CC(C)n1cc2cc(C(=O)NCc3nc4ccccc4n3C)sc2c1. The van der Waals surface area contributed by atoms with Gasteiger partial charge >= 0.3 is 0 Å². The molecule has 0 radical (unpaired) electrons. The Morgan fingerprint density at radius 3 is 2.80 bits per heavy atom. The highest BCUT2D eigenvalue weighted by atomic mass is 32.1. The summed E-state index contributed by atoms with van der Waals surface area (Å²) in [6.07, 6.45) is 4.20. The summed E-state index contributed by atoms with van der Waals surface area (Å²) < 4.78 is 5.33. The molecule has 0 bridgehead atoms. The highest BCUT2D eigenvalue weighted by molar-refractivity contribution is 7.20. The predicted molar refractivity (Wildman–Crippen MR) is 102 cm³/mol. The quantitative estimate of drug-likeness (QED) is 0.601. The number of rotatable bonds is 4. The standard InChI is InChI=1S/C19H20N4OS/c1-12(2)23-10-13-8-16(25-17(13)11-23)19(24)20-9-18-21-14-6-4-5-7-15(14)22(18)3/h4-8,10-12H,9H2,1-3H3,(H,20,24). The number of carbonyl (C=O) groups excluding carboxylic acids is 1. The van der Waals surface area contributed by atoms with Crippen LogP contribution in [0.3, 0.4) is 0 Å². The second-order valence-electron chi connectivity index (χ2n) is 6.49. The van der Waals surface area contributed by atoms with E-state index in [0.29, 0.717) is 12.6 Å².